The van der Waals surface area contributed by atoms with Crippen molar-refractivity contribution in [2.45, 2.75) is 56.6 Å². The van der Waals surface area contributed by atoms with Crippen molar-refractivity contribution >= 4 is 38.5 Å². The summed E-state index contributed by atoms with van der Waals surface area (Å²) >= 11 is 1.45. The van der Waals surface area contributed by atoms with Crippen molar-refractivity contribution in [3.8, 4) is 0 Å². The smallest absolute Gasteiger partial charge is 0.235 e. The summed E-state index contributed by atoms with van der Waals surface area (Å²) in [5.41, 5.74) is 2.02. The first kappa shape index (κ1) is 21.2. The Morgan fingerprint density at radius 1 is 1.32 bits per heavy atom. The maximum absolute atomic E-state index is 12.9. The number of rotatable bonds is 7. The largest absolute Gasteiger partial charge is 0.341 e. The lowest BCUT2D eigenvalue weighted by Gasteiger charge is -2.26. The number of hydrogen-bond donors (Lipinski definition) is 0. The van der Waals surface area contributed by atoms with Gasteiger partial charge in [0.05, 0.1) is 27.8 Å². The van der Waals surface area contributed by atoms with Crippen LogP contribution in [0.5, 0.6) is 0 Å². The molecule has 1 aromatic heterocycles. The molecule has 0 aliphatic carbocycles. The molecular formula is C20H29N3O3S2. The molecular weight excluding hydrogens is 394 g/mol. The van der Waals surface area contributed by atoms with Crippen LogP contribution in [0.4, 0.5) is 0 Å². The van der Waals surface area contributed by atoms with Gasteiger partial charge in [0.2, 0.25) is 5.91 Å². The Bertz CT molecular complexity index is 953. The third kappa shape index (κ3) is 4.71. The normalized spacial score (nSPS) is 20.0. The molecule has 0 unspecified atom stereocenters. The van der Waals surface area contributed by atoms with Gasteiger partial charge in [-0.2, -0.15) is 0 Å². The Morgan fingerprint density at radius 3 is 2.68 bits per heavy atom. The number of carbonyl (C=O) groups is 1. The summed E-state index contributed by atoms with van der Waals surface area (Å²) in [7, 11) is -1.30. The Hall–Kier alpha value is -1.54. The van der Waals surface area contributed by atoms with Crippen LogP contribution in [-0.2, 0) is 21.2 Å². The van der Waals surface area contributed by atoms with Crippen LogP contribution in [-0.4, -0.2) is 58.6 Å². The Balaban J connectivity index is 1.77. The van der Waals surface area contributed by atoms with Gasteiger partial charge in [0.1, 0.15) is 0 Å². The number of amides is 1. The van der Waals surface area contributed by atoms with Gasteiger partial charge < -0.3 is 9.47 Å². The van der Waals surface area contributed by atoms with E-state index in [2.05, 4.69) is 24.5 Å². The molecule has 1 aromatic carbocycles. The number of hydrogen-bond acceptors (Lipinski definition) is 5. The summed E-state index contributed by atoms with van der Waals surface area (Å²) in [6.45, 7) is 7.13. The van der Waals surface area contributed by atoms with Gasteiger partial charge in [0.15, 0.2) is 15.0 Å². The predicted octanol–water partition coefficient (Wildman–Crippen LogP) is 3.21. The van der Waals surface area contributed by atoms with Gasteiger partial charge in [-0.05, 0) is 37.8 Å². The number of nitrogens with zero attached hydrogens (tertiary/aromatic N) is 3. The van der Waals surface area contributed by atoms with Crippen LogP contribution < -0.4 is 0 Å². The molecule has 1 aliphatic rings. The quantitative estimate of drug-likeness (QED) is 0.640. The fourth-order valence-electron chi connectivity index (χ4n) is 3.50. The van der Waals surface area contributed by atoms with Crippen molar-refractivity contribution in [1.29, 1.82) is 0 Å². The number of para-hydroxylation sites is 2. The Labute approximate surface area is 171 Å². The van der Waals surface area contributed by atoms with E-state index in [1.165, 1.54) is 11.8 Å². The molecule has 0 saturated carbocycles. The summed E-state index contributed by atoms with van der Waals surface area (Å²) in [6.07, 6.45) is 1.56. The standard InChI is InChI=1S/C20H29N3O3S2/c1-14(2)9-11-23-18-8-6-5-7-17(18)21-20(23)27-15(3)19(24)22(4)16-10-12-28(25,26)13-16/h5-8,14-16H,9-13H2,1-4H3/t15-,16+/m0/s1. The fraction of sp³-hybridized carbons (Fsp3) is 0.600. The molecule has 0 N–H and O–H groups in total. The van der Waals surface area contributed by atoms with Gasteiger partial charge >= 0.3 is 0 Å². The van der Waals surface area contributed by atoms with Crippen LogP contribution >= 0.6 is 11.8 Å². The van der Waals surface area contributed by atoms with E-state index in [0.29, 0.717) is 12.3 Å². The van der Waals surface area contributed by atoms with Crippen LogP contribution in [0.2, 0.25) is 0 Å². The molecule has 1 saturated heterocycles. The number of imidazole rings is 1. The average molecular weight is 424 g/mol. The van der Waals surface area contributed by atoms with Crippen molar-refractivity contribution in [1.82, 2.24) is 14.5 Å². The van der Waals surface area contributed by atoms with E-state index in [1.807, 2.05) is 25.1 Å². The van der Waals surface area contributed by atoms with E-state index in [0.717, 1.165) is 29.2 Å². The van der Waals surface area contributed by atoms with E-state index in [-0.39, 0.29) is 28.7 Å². The molecule has 1 fully saturated rings. The summed E-state index contributed by atoms with van der Waals surface area (Å²) in [5, 5.41) is 0.512. The minimum absolute atomic E-state index is 0.0467. The molecule has 1 amide bonds. The molecule has 2 atom stereocenters. The van der Waals surface area contributed by atoms with Crippen LogP contribution in [0.15, 0.2) is 29.4 Å². The highest BCUT2D eigenvalue weighted by Crippen LogP contribution is 2.29. The third-order valence-electron chi connectivity index (χ3n) is 5.28. The lowest BCUT2D eigenvalue weighted by atomic mass is 10.1. The number of sulfone groups is 1. The van der Waals surface area contributed by atoms with Crippen LogP contribution in [0.25, 0.3) is 11.0 Å². The maximum atomic E-state index is 12.9. The SMILES string of the molecule is CC(C)CCn1c(S[C@@H](C)C(=O)N(C)[C@@H]2CCS(=O)(=O)C2)nc2ccccc21. The number of aryl methyl sites for hydroxylation is 1. The van der Waals surface area contributed by atoms with Crippen LogP contribution in [0.3, 0.4) is 0 Å². The highest BCUT2D eigenvalue weighted by Gasteiger charge is 2.34. The summed E-state index contributed by atoms with van der Waals surface area (Å²) in [4.78, 5) is 19.3. The molecule has 28 heavy (non-hydrogen) atoms. The monoisotopic (exact) mass is 423 g/mol. The lowest BCUT2D eigenvalue weighted by molar-refractivity contribution is -0.130. The third-order valence-corrected chi connectivity index (χ3v) is 8.11. The predicted molar refractivity (Wildman–Crippen MR) is 114 cm³/mol. The topological polar surface area (TPSA) is 72.3 Å². The van der Waals surface area contributed by atoms with Crippen LogP contribution in [0.1, 0.15) is 33.6 Å². The molecule has 2 heterocycles. The van der Waals surface area contributed by atoms with Gasteiger partial charge in [-0.15, -0.1) is 0 Å². The minimum Gasteiger partial charge on any atom is -0.341 e. The van der Waals surface area contributed by atoms with Crippen molar-refractivity contribution in [2.75, 3.05) is 18.6 Å². The number of carbonyl (C=O) groups excluding carboxylic acids is 1. The van der Waals surface area contributed by atoms with Crippen molar-refractivity contribution < 1.29 is 13.2 Å². The van der Waals surface area contributed by atoms with E-state index < -0.39 is 9.84 Å². The summed E-state index contributed by atoms with van der Waals surface area (Å²) in [5.74, 6) is 0.768. The van der Waals surface area contributed by atoms with Crippen LogP contribution in [0, 0.1) is 5.92 Å². The van der Waals surface area contributed by atoms with Gasteiger partial charge in [-0.1, -0.05) is 37.7 Å². The molecule has 8 heteroatoms. The first-order valence-corrected chi connectivity index (χ1v) is 12.5. The number of aromatic nitrogens is 2. The molecule has 3 rings (SSSR count). The van der Waals surface area contributed by atoms with Gasteiger partial charge in [-0.3, -0.25) is 4.79 Å². The fourth-order valence-corrected chi connectivity index (χ4v) is 6.33. The average Bonchev–Trinajstić information content (AvgIpc) is 3.17. The second-order valence-electron chi connectivity index (χ2n) is 7.98. The summed E-state index contributed by atoms with van der Waals surface area (Å²) in [6, 6.07) is 7.81. The molecule has 1 aliphatic heterocycles. The van der Waals surface area contributed by atoms with Crippen molar-refractivity contribution in [2.24, 2.45) is 5.92 Å². The number of benzene rings is 1. The number of fused-ring (bicyclic) bond motifs is 1. The van der Waals surface area contributed by atoms with E-state index in [4.69, 9.17) is 4.98 Å². The zero-order valence-electron chi connectivity index (χ0n) is 17.0. The molecule has 0 spiro atoms. The second kappa shape index (κ2) is 8.45. The van der Waals surface area contributed by atoms with Crippen molar-refractivity contribution in [3.05, 3.63) is 24.3 Å². The first-order chi connectivity index (χ1) is 13.2. The van der Waals surface area contributed by atoms with Gasteiger partial charge in [0.25, 0.3) is 0 Å². The molecule has 6 nitrogen and oxygen atoms in total. The molecule has 154 valence electrons. The van der Waals surface area contributed by atoms with E-state index in [9.17, 15) is 13.2 Å². The Kier molecular flexibility index (Phi) is 6.39. The molecule has 2 aromatic rings. The Morgan fingerprint density at radius 2 is 2.04 bits per heavy atom. The second-order valence-corrected chi connectivity index (χ2v) is 11.5. The zero-order valence-corrected chi connectivity index (χ0v) is 18.6. The molecule has 0 radical (unpaired) electrons. The first-order valence-electron chi connectivity index (χ1n) is 9.77. The van der Waals surface area contributed by atoms with Crippen molar-refractivity contribution in [3.63, 3.8) is 0 Å². The zero-order chi connectivity index (χ0) is 20.5. The van der Waals surface area contributed by atoms with Gasteiger partial charge in [0, 0.05) is 19.6 Å². The highest BCUT2D eigenvalue weighted by atomic mass is 32.2. The lowest BCUT2D eigenvalue weighted by Crippen LogP contribution is -2.41. The van der Waals surface area contributed by atoms with Gasteiger partial charge in [-0.25, -0.2) is 13.4 Å². The summed E-state index contributed by atoms with van der Waals surface area (Å²) < 4.78 is 25.7. The van der Waals surface area contributed by atoms with E-state index in [1.54, 1.807) is 11.9 Å². The number of thioether (sulfide) groups is 1. The van der Waals surface area contributed by atoms with E-state index >= 15 is 0 Å². The highest BCUT2D eigenvalue weighted by molar-refractivity contribution is 8.00. The molecule has 0 bridgehead atoms. The minimum atomic E-state index is -3.02. The maximum Gasteiger partial charge on any atom is 0.235 e.